The average molecular weight is 447 g/mol. The molecule has 0 aromatic rings. The van der Waals surface area contributed by atoms with E-state index in [-0.39, 0.29) is 5.97 Å². The van der Waals surface area contributed by atoms with Crippen molar-refractivity contribution in [3.8, 4) is 0 Å². The Bertz CT molecular complexity index is 704. The molecule has 0 aliphatic heterocycles. The van der Waals surface area contributed by atoms with Gasteiger partial charge in [-0.2, -0.15) is 0 Å². The maximum Gasteiger partial charge on any atom is 0.305 e. The summed E-state index contributed by atoms with van der Waals surface area (Å²) in [6.07, 6.45) is 11.9. The van der Waals surface area contributed by atoms with Gasteiger partial charge in [-0.15, -0.1) is 0 Å². The van der Waals surface area contributed by atoms with Gasteiger partial charge in [0.15, 0.2) is 0 Å². The van der Waals surface area contributed by atoms with Crippen molar-refractivity contribution in [3.05, 3.63) is 12.2 Å². The lowest BCUT2D eigenvalue weighted by atomic mass is 9.43. The molecule has 182 valence electrons. The Morgan fingerprint density at radius 2 is 1.88 bits per heavy atom. The van der Waals surface area contributed by atoms with Crippen LogP contribution in [0.2, 0.25) is 0 Å². The molecule has 0 amide bonds. The monoisotopic (exact) mass is 446 g/mol. The Labute approximate surface area is 195 Å². The molecule has 4 fully saturated rings. The fraction of sp³-hybridized carbons (Fsp3) is 0.893. The Morgan fingerprint density at radius 1 is 1.12 bits per heavy atom. The van der Waals surface area contributed by atoms with Crippen LogP contribution in [-0.2, 0) is 19.0 Å². The lowest BCUT2D eigenvalue weighted by molar-refractivity contribution is -0.199. The molecule has 32 heavy (non-hydrogen) atoms. The van der Waals surface area contributed by atoms with E-state index in [0.717, 1.165) is 24.7 Å². The highest BCUT2D eigenvalue weighted by atomic mass is 16.7. The Morgan fingerprint density at radius 3 is 2.59 bits per heavy atom. The largest absolute Gasteiger partial charge is 0.469 e. The third-order valence-electron chi connectivity index (χ3n) is 10.8. The zero-order valence-corrected chi connectivity index (χ0v) is 21.2. The number of methoxy groups -OCH3 is 2. The Kier molecular flexibility index (Phi) is 7.13. The summed E-state index contributed by atoms with van der Waals surface area (Å²) in [5.41, 5.74) is 2.22. The van der Waals surface area contributed by atoms with Crippen LogP contribution in [0.15, 0.2) is 12.2 Å². The number of allylic oxidation sites excluding steroid dienone is 1. The van der Waals surface area contributed by atoms with Gasteiger partial charge in [-0.25, -0.2) is 0 Å². The van der Waals surface area contributed by atoms with E-state index in [1.54, 1.807) is 7.11 Å². The van der Waals surface area contributed by atoms with E-state index in [0.29, 0.717) is 53.8 Å². The van der Waals surface area contributed by atoms with Gasteiger partial charge in [0.1, 0.15) is 6.79 Å². The van der Waals surface area contributed by atoms with E-state index in [1.807, 2.05) is 0 Å². The third-order valence-corrected chi connectivity index (χ3v) is 10.8. The van der Waals surface area contributed by atoms with Crippen LogP contribution < -0.4 is 0 Å². The number of hydrogen-bond donors (Lipinski definition) is 0. The first-order valence-electron chi connectivity index (χ1n) is 13.1. The van der Waals surface area contributed by atoms with Crippen molar-refractivity contribution in [1.82, 2.24) is 0 Å². The van der Waals surface area contributed by atoms with Gasteiger partial charge >= 0.3 is 5.97 Å². The number of esters is 1. The van der Waals surface area contributed by atoms with Gasteiger partial charge in [-0.1, -0.05) is 32.9 Å². The minimum atomic E-state index is -0.0709. The molecule has 0 heterocycles. The van der Waals surface area contributed by atoms with Crippen molar-refractivity contribution in [2.24, 2.45) is 46.3 Å². The number of rotatable bonds is 7. The number of ether oxygens (including phenoxy) is 3. The number of carbonyl (C=O) groups is 1. The Hall–Kier alpha value is -0.870. The van der Waals surface area contributed by atoms with Crippen molar-refractivity contribution in [2.45, 2.75) is 91.1 Å². The molecule has 0 spiro atoms. The molecule has 0 N–H and O–H groups in total. The van der Waals surface area contributed by atoms with E-state index >= 15 is 0 Å². The van der Waals surface area contributed by atoms with Crippen molar-refractivity contribution in [1.29, 1.82) is 0 Å². The molecule has 0 bridgehead atoms. The lowest BCUT2D eigenvalue weighted by Gasteiger charge is -2.62. The molecule has 0 saturated heterocycles. The van der Waals surface area contributed by atoms with Crippen LogP contribution in [0.1, 0.15) is 85.0 Å². The summed E-state index contributed by atoms with van der Waals surface area (Å²) in [5.74, 6) is 3.98. The molecule has 4 aliphatic carbocycles. The minimum Gasteiger partial charge on any atom is -0.469 e. The van der Waals surface area contributed by atoms with Crippen LogP contribution in [0.3, 0.4) is 0 Å². The second kappa shape index (κ2) is 9.41. The van der Waals surface area contributed by atoms with Crippen molar-refractivity contribution < 1.29 is 19.0 Å². The van der Waals surface area contributed by atoms with E-state index in [1.165, 1.54) is 57.6 Å². The summed E-state index contributed by atoms with van der Waals surface area (Å²) < 4.78 is 16.8. The highest BCUT2D eigenvalue weighted by Crippen LogP contribution is 2.69. The highest BCUT2D eigenvalue weighted by molar-refractivity contribution is 5.69. The predicted octanol–water partition coefficient (Wildman–Crippen LogP) is 6.39. The fourth-order valence-corrected chi connectivity index (χ4v) is 9.05. The van der Waals surface area contributed by atoms with Gasteiger partial charge in [0, 0.05) is 13.5 Å². The second-order valence-electron chi connectivity index (χ2n) is 12.1. The fourth-order valence-electron chi connectivity index (χ4n) is 9.05. The molecule has 4 unspecified atom stereocenters. The van der Waals surface area contributed by atoms with E-state index in [2.05, 4.69) is 27.4 Å². The molecular formula is C28H46O4. The molecule has 0 radical (unpaired) electrons. The van der Waals surface area contributed by atoms with Gasteiger partial charge in [0.2, 0.25) is 0 Å². The maximum absolute atomic E-state index is 11.8. The molecule has 4 nitrogen and oxygen atoms in total. The molecule has 0 aromatic heterocycles. The Balaban J connectivity index is 1.58. The summed E-state index contributed by atoms with van der Waals surface area (Å²) in [4.78, 5) is 11.8. The van der Waals surface area contributed by atoms with Gasteiger partial charge in [-0.3, -0.25) is 4.79 Å². The normalized spacial score (nSPS) is 44.3. The number of carbonyl (C=O) groups excluding carboxylic acids is 1. The molecule has 4 saturated carbocycles. The number of hydrogen-bond acceptors (Lipinski definition) is 4. The molecular weight excluding hydrogens is 400 g/mol. The summed E-state index contributed by atoms with van der Waals surface area (Å²) in [6.45, 7) is 12.3. The first-order valence-corrected chi connectivity index (χ1v) is 13.1. The van der Waals surface area contributed by atoms with Crippen LogP contribution in [-0.4, -0.2) is 33.1 Å². The molecule has 4 aliphatic rings. The molecule has 4 heteroatoms. The van der Waals surface area contributed by atoms with E-state index < -0.39 is 0 Å². The van der Waals surface area contributed by atoms with Crippen molar-refractivity contribution in [3.63, 3.8) is 0 Å². The average Bonchev–Trinajstić information content (AvgIpc) is 3.13. The van der Waals surface area contributed by atoms with E-state index in [9.17, 15) is 4.79 Å². The SMILES string of the molecule is C=C1CC[C@]2(C)C3CC[C@@]4(C)C(CC[C@@H]4[C@H](C)CCC(=O)OC)C3C(OCOC)C[C@@H]2C1. The zero-order valence-electron chi connectivity index (χ0n) is 21.2. The second-order valence-corrected chi connectivity index (χ2v) is 12.1. The van der Waals surface area contributed by atoms with Crippen LogP contribution in [0.25, 0.3) is 0 Å². The topological polar surface area (TPSA) is 44.8 Å². The first-order chi connectivity index (χ1) is 15.2. The minimum absolute atomic E-state index is 0.0709. The van der Waals surface area contributed by atoms with Crippen LogP contribution in [0.4, 0.5) is 0 Å². The molecule has 9 atom stereocenters. The van der Waals surface area contributed by atoms with Crippen molar-refractivity contribution in [2.75, 3.05) is 21.0 Å². The lowest BCUT2D eigenvalue weighted by Crippen LogP contribution is -2.58. The summed E-state index contributed by atoms with van der Waals surface area (Å²) in [6, 6.07) is 0. The van der Waals surface area contributed by atoms with Crippen LogP contribution >= 0.6 is 0 Å². The maximum atomic E-state index is 11.8. The first kappa shape index (κ1) is 24.3. The smallest absolute Gasteiger partial charge is 0.305 e. The summed E-state index contributed by atoms with van der Waals surface area (Å²) in [7, 11) is 3.24. The molecule has 4 rings (SSSR count). The molecule has 0 aromatic carbocycles. The third kappa shape index (κ3) is 4.08. The standard InChI is InChI=1S/C28H46O4/c1-18-11-13-27(3)20(15-18)16-24(32-17-30-5)26-22-9-8-21(19(2)7-10-25(29)31-6)28(22,4)14-12-23(26)27/h19-24,26H,1,7-17H2,2-6H3/t19-,20+,21-,22?,23?,24?,26?,27+,28-/m1/s1. The van der Waals surface area contributed by atoms with Gasteiger partial charge in [0.05, 0.1) is 13.2 Å². The van der Waals surface area contributed by atoms with Gasteiger partial charge < -0.3 is 14.2 Å². The highest BCUT2D eigenvalue weighted by Gasteiger charge is 2.63. The number of fused-ring (bicyclic) bond motifs is 5. The van der Waals surface area contributed by atoms with E-state index in [4.69, 9.17) is 14.2 Å². The van der Waals surface area contributed by atoms with Crippen molar-refractivity contribution >= 4 is 5.97 Å². The zero-order chi connectivity index (χ0) is 23.1. The van der Waals surface area contributed by atoms with Crippen LogP contribution in [0.5, 0.6) is 0 Å². The predicted molar refractivity (Wildman–Crippen MR) is 127 cm³/mol. The summed E-state index contributed by atoms with van der Waals surface area (Å²) >= 11 is 0. The van der Waals surface area contributed by atoms with Crippen LogP contribution in [0, 0.1) is 46.3 Å². The summed E-state index contributed by atoms with van der Waals surface area (Å²) in [5, 5.41) is 0. The van der Waals surface area contributed by atoms with Gasteiger partial charge in [-0.05, 0) is 104 Å². The quantitative estimate of drug-likeness (QED) is 0.258. The van der Waals surface area contributed by atoms with Gasteiger partial charge in [0.25, 0.3) is 0 Å².